The highest BCUT2D eigenvalue weighted by atomic mass is 16.5. The van der Waals surface area contributed by atoms with Crippen LogP contribution < -0.4 is 4.74 Å². The number of amides is 1. The Morgan fingerprint density at radius 2 is 1.76 bits per heavy atom. The molecule has 1 aromatic heterocycles. The van der Waals surface area contributed by atoms with Crippen LogP contribution in [0.2, 0.25) is 0 Å². The SMILES string of the molecule is Cc1nnc(C2CN(C(=O)Cc3ccccc3)CC23CCN(CCOc2ccccc2)CC3)o1. The molecule has 2 aromatic carbocycles. The Labute approximate surface area is 200 Å². The number of carbonyl (C=O) groups is 1. The zero-order valence-corrected chi connectivity index (χ0v) is 19.7. The number of rotatable bonds is 7. The quantitative estimate of drug-likeness (QED) is 0.535. The molecule has 7 heteroatoms. The fourth-order valence-corrected chi connectivity index (χ4v) is 5.37. The van der Waals surface area contributed by atoms with Gasteiger partial charge in [0.1, 0.15) is 12.4 Å². The van der Waals surface area contributed by atoms with E-state index in [1.807, 2.05) is 72.5 Å². The molecule has 2 saturated heterocycles. The van der Waals surface area contributed by atoms with E-state index in [-0.39, 0.29) is 17.2 Å². The van der Waals surface area contributed by atoms with Crippen molar-refractivity contribution in [2.24, 2.45) is 5.41 Å². The van der Waals surface area contributed by atoms with Gasteiger partial charge in [-0.3, -0.25) is 9.69 Å². The molecule has 178 valence electrons. The van der Waals surface area contributed by atoms with E-state index in [2.05, 4.69) is 15.1 Å². The predicted octanol–water partition coefficient (Wildman–Crippen LogP) is 3.71. The fourth-order valence-electron chi connectivity index (χ4n) is 5.37. The highest BCUT2D eigenvalue weighted by Gasteiger charge is 2.51. The minimum Gasteiger partial charge on any atom is -0.492 e. The number of carbonyl (C=O) groups excluding carboxylic acids is 1. The van der Waals surface area contributed by atoms with Crippen molar-refractivity contribution < 1.29 is 13.9 Å². The molecule has 3 aromatic rings. The summed E-state index contributed by atoms with van der Waals surface area (Å²) < 4.78 is 11.8. The molecule has 1 atom stereocenters. The highest BCUT2D eigenvalue weighted by Crippen LogP contribution is 2.49. The fraction of sp³-hybridized carbons (Fsp3) is 0.444. The number of nitrogens with zero attached hydrogens (tertiary/aromatic N) is 4. The smallest absolute Gasteiger partial charge is 0.227 e. The molecule has 0 aliphatic carbocycles. The largest absolute Gasteiger partial charge is 0.492 e. The van der Waals surface area contributed by atoms with Crippen molar-refractivity contribution in [3.05, 3.63) is 78.0 Å². The van der Waals surface area contributed by atoms with E-state index >= 15 is 0 Å². The van der Waals surface area contributed by atoms with Gasteiger partial charge in [0.15, 0.2) is 0 Å². The third-order valence-corrected chi connectivity index (χ3v) is 7.31. The topological polar surface area (TPSA) is 71.7 Å². The van der Waals surface area contributed by atoms with Crippen LogP contribution in [-0.4, -0.2) is 65.2 Å². The normalized spacial score (nSPS) is 20.0. The van der Waals surface area contributed by atoms with Crippen molar-refractivity contribution in [2.45, 2.75) is 32.1 Å². The van der Waals surface area contributed by atoms with E-state index in [9.17, 15) is 4.79 Å². The van der Waals surface area contributed by atoms with Crippen LogP contribution >= 0.6 is 0 Å². The number of hydrogen-bond donors (Lipinski definition) is 0. The second-order valence-electron chi connectivity index (χ2n) is 9.51. The maximum Gasteiger partial charge on any atom is 0.227 e. The third kappa shape index (κ3) is 4.99. The second-order valence-corrected chi connectivity index (χ2v) is 9.51. The lowest BCUT2D eigenvalue weighted by atomic mass is 9.70. The highest BCUT2D eigenvalue weighted by molar-refractivity contribution is 5.79. The minimum absolute atomic E-state index is 0.0257. The first-order chi connectivity index (χ1) is 16.6. The van der Waals surface area contributed by atoms with Gasteiger partial charge < -0.3 is 14.1 Å². The molecule has 1 unspecified atom stereocenters. The number of likely N-dealkylation sites (tertiary alicyclic amines) is 2. The molecule has 0 saturated carbocycles. The molecular formula is C27H32N4O3. The summed E-state index contributed by atoms with van der Waals surface area (Å²) in [7, 11) is 0. The van der Waals surface area contributed by atoms with Crippen LogP contribution in [0.1, 0.15) is 36.1 Å². The van der Waals surface area contributed by atoms with Gasteiger partial charge in [-0.2, -0.15) is 0 Å². The summed E-state index contributed by atoms with van der Waals surface area (Å²) in [6.07, 6.45) is 2.43. The number of para-hydroxylation sites is 1. The third-order valence-electron chi connectivity index (χ3n) is 7.31. The van der Waals surface area contributed by atoms with Gasteiger partial charge in [-0.05, 0) is 43.6 Å². The van der Waals surface area contributed by atoms with Crippen LogP contribution in [0.15, 0.2) is 65.1 Å². The predicted molar refractivity (Wildman–Crippen MR) is 129 cm³/mol. The van der Waals surface area contributed by atoms with E-state index < -0.39 is 0 Å². The number of piperidine rings is 1. The van der Waals surface area contributed by atoms with Gasteiger partial charge in [-0.25, -0.2) is 0 Å². The first-order valence-corrected chi connectivity index (χ1v) is 12.1. The Morgan fingerprint density at radius 3 is 2.44 bits per heavy atom. The molecule has 0 radical (unpaired) electrons. The van der Waals surface area contributed by atoms with Crippen LogP contribution in [0.5, 0.6) is 5.75 Å². The second kappa shape index (κ2) is 9.97. The van der Waals surface area contributed by atoms with Crippen molar-refractivity contribution in [3.8, 4) is 5.75 Å². The molecule has 3 heterocycles. The molecule has 1 amide bonds. The van der Waals surface area contributed by atoms with Crippen LogP contribution in [0.3, 0.4) is 0 Å². The Hall–Kier alpha value is -3.19. The van der Waals surface area contributed by atoms with Crippen LogP contribution in [0.25, 0.3) is 0 Å². The van der Waals surface area contributed by atoms with Gasteiger partial charge in [0.05, 0.1) is 12.3 Å². The van der Waals surface area contributed by atoms with Crippen molar-refractivity contribution in [1.82, 2.24) is 20.0 Å². The number of ether oxygens (including phenoxy) is 1. The zero-order valence-electron chi connectivity index (χ0n) is 19.7. The average Bonchev–Trinajstić information content (AvgIpc) is 3.45. The number of hydrogen-bond acceptors (Lipinski definition) is 6. The van der Waals surface area contributed by atoms with Crippen molar-refractivity contribution >= 4 is 5.91 Å². The molecule has 0 bridgehead atoms. The van der Waals surface area contributed by atoms with E-state index in [0.717, 1.165) is 50.3 Å². The lowest BCUT2D eigenvalue weighted by Crippen LogP contribution is -2.45. The minimum atomic E-state index is -0.0257. The van der Waals surface area contributed by atoms with Gasteiger partial charge in [0.25, 0.3) is 0 Å². The van der Waals surface area contributed by atoms with E-state index in [1.54, 1.807) is 0 Å². The Bertz CT molecular complexity index is 1080. The van der Waals surface area contributed by atoms with Crippen molar-refractivity contribution in [3.63, 3.8) is 0 Å². The molecule has 5 rings (SSSR count). The Morgan fingerprint density at radius 1 is 1.06 bits per heavy atom. The molecule has 34 heavy (non-hydrogen) atoms. The summed E-state index contributed by atoms with van der Waals surface area (Å²) in [4.78, 5) is 17.7. The lowest BCUT2D eigenvalue weighted by Gasteiger charge is -2.41. The summed E-state index contributed by atoms with van der Waals surface area (Å²) in [5.74, 6) is 2.41. The summed E-state index contributed by atoms with van der Waals surface area (Å²) >= 11 is 0. The maximum atomic E-state index is 13.2. The monoisotopic (exact) mass is 460 g/mol. The summed E-state index contributed by atoms with van der Waals surface area (Å²) in [5.41, 5.74) is 1.02. The zero-order chi connectivity index (χ0) is 23.4. The molecule has 2 fully saturated rings. The molecule has 2 aliphatic heterocycles. The molecule has 0 N–H and O–H groups in total. The lowest BCUT2D eigenvalue weighted by molar-refractivity contribution is -0.130. The average molecular weight is 461 g/mol. The molecular weight excluding hydrogens is 428 g/mol. The molecule has 1 spiro atoms. The number of aryl methyl sites for hydroxylation is 1. The first-order valence-electron chi connectivity index (χ1n) is 12.1. The van der Waals surface area contributed by atoms with Crippen molar-refractivity contribution in [1.29, 1.82) is 0 Å². The molecule has 2 aliphatic rings. The number of aromatic nitrogens is 2. The summed E-state index contributed by atoms with van der Waals surface area (Å²) in [6, 6.07) is 19.9. The number of benzene rings is 2. The standard InChI is InChI=1S/C27H32N4O3/c1-21-28-29-26(34-21)24-19-31(25(32)18-22-8-4-2-5-9-22)20-27(24)12-14-30(15-13-27)16-17-33-23-10-6-3-7-11-23/h2-11,24H,12-20H2,1H3. The molecule has 7 nitrogen and oxygen atoms in total. The van der Waals surface area contributed by atoms with E-state index in [0.29, 0.717) is 31.4 Å². The van der Waals surface area contributed by atoms with E-state index in [4.69, 9.17) is 9.15 Å². The van der Waals surface area contributed by atoms with Crippen molar-refractivity contribution in [2.75, 3.05) is 39.3 Å². The van der Waals surface area contributed by atoms with Gasteiger partial charge in [0.2, 0.25) is 17.7 Å². The first kappa shape index (κ1) is 22.6. The van der Waals surface area contributed by atoms with Crippen LogP contribution in [-0.2, 0) is 11.2 Å². The summed E-state index contributed by atoms with van der Waals surface area (Å²) in [5, 5.41) is 8.45. The van der Waals surface area contributed by atoms with Gasteiger partial charge in [0, 0.05) is 32.0 Å². The van der Waals surface area contributed by atoms with Crippen LogP contribution in [0, 0.1) is 12.3 Å². The summed E-state index contributed by atoms with van der Waals surface area (Å²) in [6.45, 7) is 6.73. The van der Waals surface area contributed by atoms with Gasteiger partial charge in [-0.1, -0.05) is 48.5 Å². The maximum absolute atomic E-state index is 13.2. The van der Waals surface area contributed by atoms with E-state index in [1.165, 1.54) is 0 Å². The Balaban J connectivity index is 1.23. The van der Waals surface area contributed by atoms with Crippen LogP contribution in [0.4, 0.5) is 0 Å². The van der Waals surface area contributed by atoms with Gasteiger partial charge >= 0.3 is 0 Å². The Kier molecular flexibility index (Phi) is 6.63. The van der Waals surface area contributed by atoms with Gasteiger partial charge in [-0.15, -0.1) is 10.2 Å².